The molecule has 8 heteroatoms. The number of nitrogens with one attached hydrogen (secondary N) is 1. The van der Waals surface area contributed by atoms with Crippen LogP contribution in [0.2, 0.25) is 0 Å². The van der Waals surface area contributed by atoms with E-state index in [-0.39, 0.29) is 24.1 Å². The van der Waals surface area contributed by atoms with Crippen LogP contribution < -0.4 is 5.32 Å². The van der Waals surface area contributed by atoms with Gasteiger partial charge >= 0.3 is 5.51 Å². The van der Waals surface area contributed by atoms with Gasteiger partial charge in [-0.15, -0.1) is 0 Å². The Labute approximate surface area is 99.2 Å². The van der Waals surface area contributed by atoms with Crippen LogP contribution in [0.1, 0.15) is 0 Å². The van der Waals surface area contributed by atoms with E-state index in [1.165, 1.54) is 0 Å². The molecule has 1 N–H and O–H groups in total. The number of thioether (sulfide) groups is 1. The number of alkyl halides is 3. The van der Waals surface area contributed by atoms with Crippen LogP contribution in [0.25, 0.3) is 5.65 Å². The minimum absolute atomic E-state index is 0.0460. The molecule has 0 aliphatic carbocycles. The van der Waals surface area contributed by atoms with Crippen molar-refractivity contribution in [3.8, 4) is 0 Å². The predicted molar refractivity (Wildman–Crippen MR) is 60.0 cm³/mol. The third-order valence-electron chi connectivity index (χ3n) is 1.93. The van der Waals surface area contributed by atoms with Crippen molar-refractivity contribution in [3.05, 3.63) is 24.5 Å². The van der Waals surface area contributed by atoms with Crippen LogP contribution in [0, 0.1) is 0 Å². The van der Waals surface area contributed by atoms with Crippen molar-refractivity contribution in [3.63, 3.8) is 0 Å². The minimum Gasteiger partial charge on any atom is -0.369 e. The number of hydrogen-bond donors (Lipinski definition) is 1. The van der Waals surface area contributed by atoms with Crippen LogP contribution in [0.5, 0.6) is 0 Å². The van der Waals surface area contributed by atoms with Crippen molar-refractivity contribution in [2.24, 2.45) is 0 Å². The first-order valence-electron chi connectivity index (χ1n) is 4.79. The summed E-state index contributed by atoms with van der Waals surface area (Å²) in [4.78, 5) is 4.17. The van der Waals surface area contributed by atoms with Crippen molar-refractivity contribution in [2.45, 2.75) is 5.51 Å². The van der Waals surface area contributed by atoms with Gasteiger partial charge in [0, 0.05) is 24.6 Å². The fraction of sp³-hybridized carbons (Fsp3) is 0.333. The second kappa shape index (κ2) is 4.82. The lowest BCUT2D eigenvalue weighted by molar-refractivity contribution is -0.0327. The molecule has 92 valence electrons. The third kappa shape index (κ3) is 3.52. The van der Waals surface area contributed by atoms with Gasteiger partial charge in [0.25, 0.3) is 0 Å². The van der Waals surface area contributed by atoms with Crippen LogP contribution in [-0.4, -0.2) is 32.4 Å². The van der Waals surface area contributed by atoms with Gasteiger partial charge in [0.1, 0.15) is 5.82 Å². The van der Waals surface area contributed by atoms with Crippen molar-refractivity contribution in [2.75, 3.05) is 17.6 Å². The molecule has 2 aromatic heterocycles. The number of hydrogen-bond acceptors (Lipinski definition) is 4. The molecule has 0 aliphatic heterocycles. The summed E-state index contributed by atoms with van der Waals surface area (Å²) < 4.78 is 37.1. The average molecular weight is 262 g/mol. The molecule has 0 spiro atoms. The Kier molecular flexibility index (Phi) is 3.41. The highest BCUT2D eigenvalue weighted by Gasteiger charge is 2.27. The number of halogens is 3. The second-order valence-electron chi connectivity index (χ2n) is 3.17. The van der Waals surface area contributed by atoms with Crippen LogP contribution in [-0.2, 0) is 0 Å². The molecular weight excluding hydrogens is 253 g/mol. The Balaban J connectivity index is 1.86. The Morgan fingerprint density at radius 3 is 2.94 bits per heavy atom. The van der Waals surface area contributed by atoms with Crippen LogP contribution in [0.4, 0.5) is 19.0 Å². The van der Waals surface area contributed by atoms with Crippen molar-refractivity contribution >= 4 is 23.2 Å². The summed E-state index contributed by atoms with van der Waals surface area (Å²) in [5, 5.41) is 6.79. The SMILES string of the molecule is FC(F)(F)SCCNc1ccn2nccc2n1. The molecule has 4 nitrogen and oxygen atoms in total. The van der Waals surface area contributed by atoms with Crippen LogP contribution in [0.3, 0.4) is 0 Å². The fourth-order valence-electron chi connectivity index (χ4n) is 1.26. The number of aromatic nitrogens is 3. The molecule has 0 amide bonds. The number of nitrogens with zero attached hydrogens (tertiary/aromatic N) is 3. The lowest BCUT2D eigenvalue weighted by atomic mass is 10.5. The normalized spacial score (nSPS) is 11.9. The second-order valence-corrected chi connectivity index (χ2v) is 4.33. The maximum absolute atomic E-state index is 11.9. The molecule has 0 fully saturated rings. The van der Waals surface area contributed by atoms with Gasteiger partial charge in [-0.05, 0) is 17.8 Å². The first kappa shape index (κ1) is 12.0. The zero-order valence-corrected chi connectivity index (χ0v) is 9.42. The third-order valence-corrected chi connectivity index (χ3v) is 2.67. The molecule has 2 rings (SSSR count). The van der Waals surface area contributed by atoms with Crippen LogP contribution >= 0.6 is 11.8 Å². The molecular formula is C9H9F3N4S. The number of fused-ring (bicyclic) bond motifs is 1. The minimum atomic E-state index is -4.18. The first-order valence-corrected chi connectivity index (χ1v) is 5.78. The van der Waals surface area contributed by atoms with Gasteiger partial charge in [-0.3, -0.25) is 0 Å². The summed E-state index contributed by atoms with van der Waals surface area (Å²) in [6.45, 7) is 0.210. The molecule has 0 saturated heterocycles. The van der Waals surface area contributed by atoms with E-state index in [4.69, 9.17) is 0 Å². The molecule has 0 unspecified atom stereocenters. The van der Waals surface area contributed by atoms with Gasteiger partial charge in [-0.25, -0.2) is 9.50 Å². The molecule has 0 bridgehead atoms. The first-order chi connectivity index (χ1) is 8.04. The maximum atomic E-state index is 11.9. The van der Waals surface area contributed by atoms with Gasteiger partial charge in [0.2, 0.25) is 0 Å². The Hall–Kier alpha value is -1.44. The van der Waals surface area contributed by atoms with E-state index in [0.717, 1.165) is 0 Å². The highest BCUT2D eigenvalue weighted by atomic mass is 32.2. The van der Waals surface area contributed by atoms with E-state index in [1.54, 1.807) is 29.0 Å². The smallest absolute Gasteiger partial charge is 0.369 e. The van der Waals surface area contributed by atoms with E-state index in [0.29, 0.717) is 11.5 Å². The van der Waals surface area contributed by atoms with Crippen molar-refractivity contribution in [1.29, 1.82) is 0 Å². The van der Waals surface area contributed by atoms with Gasteiger partial charge < -0.3 is 5.32 Å². The molecule has 0 radical (unpaired) electrons. The average Bonchev–Trinajstić information content (AvgIpc) is 2.70. The topological polar surface area (TPSA) is 42.2 Å². The molecule has 2 aromatic rings. The van der Waals surface area contributed by atoms with E-state index in [9.17, 15) is 13.2 Å². The number of rotatable bonds is 4. The number of anilines is 1. The Bertz CT molecular complexity index is 496. The van der Waals surface area contributed by atoms with E-state index in [1.807, 2.05) is 0 Å². The van der Waals surface area contributed by atoms with Gasteiger partial charge in [-0.1, -0.05) is 0 Å². The van der Waals surface area contributed by atoms with E-state index >= 15 is 0 Å². The summed E-state index contributed by atoms with van der Waals surface area (Å²) >= 11 is -0.0497. The van der Waals surface area contributed by atoms with E-state index in [2.05, 4.69) is 15.4 Å². The Morgan fingerprint density at radius 2 is 2.18 bits per heavy atom. The summed E-state index contributed by atoms with van der Waals surface area (Å²) in [5.41, 5.74) is -3.52. The predicted octanol–water partition coefficient (Wildman–Crippen LogP) is 2.39. The molecule has 0 aliphatic rings. The van der Waals surface area contributed by atoms with Gasteiger partial charge in [0.15, 0.2) is 5.65 Å². The molecule has 17 heavy (non-hydrogen) atoms. The Morgan fingerprint density at radius 1 is 1.35 bits per heavy atom. The highest BCUT2D eigenvalue weighted by Crippen LogP contribution is 2.29. The molecule has 0 aromatic carbocycles. The fourth-order valence-corrected chi connectivity index (χ4v) is 1.69. The van der Waals surface area contributed by atoms with Gasteiger partial charge in [0.05, 0.1) is 6.20 Å². The summed E-state index contributed by atoms with van der Waals surface area (Å²) in [5.74, 6) is 0.496. The van der Waals surface area contributed by atoms with Gasteiger partial charge in [-0.2, -0.15) is 18.3 Å². The zero-order valence-electron chi connectivity index (χ0n) is 8.61. The highest BCUT2D eigenvalue weighted by molar-refractivity contribution is 8.00. The molecule has 2 heterocycles. The standard InChI is InChI=1S/C9H9F3N4S/c10-9(11,12)17-6-4-13-7-2-5-16-8(15-7)1-3-14-16/h1-3,5H,4,6H2,(H,13,15). The summed E-state index contributed by atoms with van der Waals surface area (Å²) in [6.07, 6.45) is 3.30. The largest absolute Gasteiger partial charge is 0.441 e. The summed E-state index contributed by atoms with van der Waals surface area (Å²) in [6, 6.07) is 3.38. The van der Waals surface area contributed by atoms with E-state index < -0.39 is 5.51 Å². The zero-order chi connectivity index (χ0) is 12.3. The lowest BCUT2D eigenvalue weighted by Crippen LogP contribution is -2.10. The van der Waals surface area contributed by atoms with Crippen molar-refractivity contribution < 1.29 is 13.2 Å². The van der Waals surface area contributed by atoms with Crippen molar-refractivity contribution in [1.82, 2.24) is 14.6 Å². The quantitative estimate of drug-likeness (QED) is 0.859. The molecule has 0 atom stereocenters. The van der Waals surface area contributed by atoms with Crippen LogP contribution in [0.15, 0.2) is 24.5 Å². The molecule has 0 saturated carbocycles. The maximum Gasteiger partial charge on any atom is 0.441 e. The monoisotopic (exact) mass is 262 g/mol. The lowest BCUT2D eigenvalue weighted by Gasteiger charge is -2.07. The summed E-state index contributed by atoms with van der Waals surface area (Å²) in [7, 11) is 0.